The van der Waals surface area contributed by atoms with Crippen LogP contribution in [0.4, 0.5) is 6.01 Å². The number of methoxy groups -OCH3 is 1. The third kappa shape index (κ3) is 4.02. The monoisotopic (exact) mass is 400 g/mol. The molecule has 3 N–H and O–H groups in total. The van der Waals surface area contributed by atoms with Gasteiger partial charge in [-0.15, -0.1) is 0 Å². The predicted octanol–water partition coefficient (Wildman–Crippen LogP) is 2.36. The van der Waals surface area contributed by atoms with E-state index in [-0.39, 0.29) is 11.8 Å². The molecule has 2 fully saturated rings. The van der Waals surface area contributed by atoms with Crippen LogP contribution in [0.1, 0.15) is 44.9 Å². The molecule has 2 aromatic rings. The SMILES string of the molecule is COc1ccc2oc(N3CCCC(CC(=O)NC4(C(N)=O)CCCC4)C3)nc2c1. The molecule has 0 spiro atoms. The number of carbonyl (C=O) groups is 2. The van der Waals surface area contributed by atoms with Gasteiger partial charge in [-0.25, -0.2) is 0 Å². The van der Waals surface area contributed by atoms with Crippen LogP contribution in [0.15, 0.2) is 22.6 Å². The van der Waals surface area contributed by atoms with Crippen molar-refractivity contribution in [3.05, 3.63) is 18.2 Å². The van der Waals surface area contributed by atoms with Crippen molar-refractivity contribution in [3.8, 4) is 5.75 Å². The fourth-order valence-corrected chi connectivity index (χ4v) is 4.55. The lowest BCUT2D eigenvalue weighted by Gasteiger charge is -2.32. The molecule has 1 saturated carbocycles. The van der Waals surface area contributed by atoms with Crippen molar-refractivity contribution >= 4 is 28.9 Å². The van der Waals surface area contributed by atoms with E-state index in [2.05, 4.69) is 15.2 Å². The first-order chi connectivity index (χ1) is 14.0. The van der Waals surface area contributed by atoms with E-state index in [1.54, 1.807) is 7.11 Å². The van der Waals surface area contributed by atoms with Gasteiger partial charge in [0.05, 0.1) is 7.11 Å². The van der Waals surface area contributed by atoms with Crippen LogP contribution in [0, 0.1) is 5.92 Å². The van der Waals surface area contributed by atoms with E-state index in [9.17, 15) is 9.59 Å². The van der Waals surface area contributed by atoms with Crippen molar-refractivity contribution in [2.75, 3.05) is 25.1 Å². The highest BCUT2D eigenvalue weighted by Gasteiger charge is 2.41. The Bertz CT molecular complexity index is 903. The minimum absolute atomic E-state index is 0.0974. The Morgan fingerprint density at radius 2 is 2.14 bits per heavy atom. The van der Waals surface area contributed by atoms with Crippen LogP contribution in [0.5, 0.6) is 5.75 Å². The summed E-state index contributed by atoms with van der Waals surface area (Å²) in [6, 6.07) is 6.12. The largest absolute Gasteiger partial charge is 0.497 e. The third-order valence-electron chi connectivity index (χ3n) is 6.15. The lowest BCUT2D eigenvalue weighted by Crippen LogP contribution is -2.56. The van der Waals surface area contributed by atoms with Crippen molar-refractivity contribution in [2.45, 2.75) is 50.5 Å². The summed E-state index contributed by atoms with van der Waals surface area (Å²) in [7, 11) is 1.62. The Balaban J connectivity index is 1.40. The Hall–Kier alpha value is -2.77. The zero-order valence-corrected chi connectivity index (χ0v) is 16.8. The third-order valence-corrected chi connectivity index (χ3v) is 6.15. The standard InChI is InChI=1S/C21H28N4O4/c1-28-15-6-7-17-16(12-15)23-20(29-17)25-10-4-5-14(13-25)11-18(26)24-21(19(22)27)8-2-3-9-21/h6-7,12,14H,2-5,8-11,13H2,1H3,(H2,22,27)(H,24,26). The van der Waals surface area contributed by atoms with Crippen LogP contribution in [-0.4, -0.2) is 42.5 Å². The van der Waals surface area contributed by atoms with Crippen molar-refractivity contribution in [1.82, 2.24) is 10.3 Å². The van der Waals surface area contributed by atoms with Gasteiger partial charge in [0.15, 0.2) is 5.58 Å². The topological polar surface area (TPSA) is 111 Å². The molecule has 8 heteroatoms. The quantitative estimate of drug-likeness (QED) is 0.770. The zero-order valence-electron chi connectivity index (χ0n) is 16.8. The Morgan fingerprint density at radius 1 is 1.34 bits per heavy atom. The number of anilines is 1. The van der Waals surface area contributed by atoms with E-state index in [1.165, 1.54) is 0 Å². The second-order valence-electron chi connectivity index (χ2n) is 8.19. The molecule has 1 aliphatic heterocycles. The second kappa shape index (κ2) is 7.93. The summed E-state index contributed by atoms with van der Waals surface area (Å²) in [6.45, 7) is 1.54. The van der Waals surface area contributed by atoms with Crippen molar-refractivity contribution in [3.63, 3.8) is 0 Å². The average molecular weight is 400 g/mol. The van der Waals surface area contributed by atoms with Gasteiger partial charge in [-0.05, 0) is 43.7 Å². The van der Waals surface area contributed by atoms with E-state index in [0.717, 1.165) is 43.5 Å². The van der Waals surface area contributed by atoms with Crippen LogP contribution in [0.2, 0.25) is 0 Å². The first-order valence-electron chi connectivity index (χ1n) is 10.3. The molecule has 1 aromatic heterocycles. The highest BCUT2D eigenvalue weighted by Crippen LogP contribution is 2.31. The number of fused-ring (bicyclic) bond motifs is 1. The lowest BCUT2D eigenvalue weighted by atomic mass is 9.92. The Labute approximate surface area is 169 Å². The summed E-state index contributed by atoms with van der Waals surface area (Å²) < 4.78 is 11.2. The summed E-state index contributed by atoms with van der Waals surface area (Å²) in [6.07, 6.45) is 5.41. The normalized spacial score (nSPS) is 21.3. The molecule has 0 radical (unpaired) electrons. The maximum Gasteiger partial charge on any atom is 0.298 e. The van der Waals surface area contributed by atoms with Gasteiger partial charge in [0.1, 0.15) is 16.8 Å². The number of carbonyl (C=O) groups excluding carboxylic acids is 2. The molecule has 1 unspecified atom stereocenters. The van der Waals surface area contributed by atoms with Gasteiger partial charge in [0, 0.05) is 25.6 Å². The van der Waals surface area contributed by atoms with Gasteiger partial charge in [0.2, 0.25) is 11.8 Å². The smallest absolute Gasteiger partial charge is 0.298 e. The van der Waals surface area contributed by atoms with Gasteiger partial charge in [-0.2, -0.15) is 4.98 Å². The summed E-state index contributed by atoms with van der Waals surface area (Å²) in [5.74, 6) is 0.399. The zero-order chi connectivity index (χ0) is 20.4. The molecule has 4 rings (SSSR count). The van der Waals surface area contributed by atoms with E-state index in [1.807, 2.05) is 18.2 Å². The minimum atomic E-state index is -0.856. The van der Waals surface area contributed by atoms with Crippen LogP contribution in [0.25, 0.3) is 11.1 Å². The van der Waals surface area contributed by atoms with Crippen molar-refractivity contribution < 1.29 is 18.7 Å². The summed E-state index contributed by atoms with van der Waals surface area (Å²) in [5.41, 5.74) is 6.19. The molecule has 2 aliphatic rings. The molecule has 1 aliphatic carbocycles. The maximum atomic E-state index is 12.6. The highest BCUT2D eigenvalue weighted by molar-refractivity contribution is 5.90. The Kier molecular flexibility index (Phi) is 5.34. The molecule has 2 heterocycles. The number of piperidine rings is 1. The number of nitrogens with zero attached hydrogens (tertiary/aromatic N) is 2. The number of nitrogens with one attached hydrogen (secondary N) is 1. The molecule has 0 bridgehead atoms. The van der Waals surface area contributed by atoms with Gasteiger partial charge in [-0.3, -0.25) is 9.59 Å². The summed E-state index contributed by atoms with van der Waals surface area (Å²) in [5, 5.41) is 2.94. The van der Waals surface area contributed by atoms with Crippen molar-refractivity contribution in [1.29, 1.82) is 0 Å². The highest BCUT2D eigenvalue weighted by atomic mass is 16.5. The van der Waals surface area contributed by atoms with E-state index >= 15 is 0 Å². The minimum Gasteiger partial charge on any atom is -0.497 e. The van der Waals surface area contributed by atoms with Gasteiger partial charge >= 0.3 is 0 Å². The van der Waals surface area contributed by atoms with Crippen LogP contribution in [-0.2, 0) is 9.59 Å². The molecule has 29 heavy (non-hydrogen) atoms. The number of nitrogens with two attached hydrogens (primary N) is 1. The fraction of sp³-hybridized carbons (Fsp3) is 0.571. The number of primary amides is 1. The summed E-state index contributed by atoms with van der Waals surface area (Å²) in [4.78, 5) is 31.2. The van der Waals surface area contributed by atoms with E-state index < -0.39 is 11.4 Å². The maximum absolute atomic E-state index is 12.6. The molecule has 8 nitrogen and oxygen atoms in total. The number of benzene rings is 1. The first-order valence-corrected chi connectivity index (χ1v) is 10.3. The predicted molar refractivity (Wildman–Crippen MR) is 109 cm³/mol. The van der Waals surface area contributed by atoms with Gasteiger partial charge in [-0.1, -0.05) is 12.8 Å². The number of oxazole rings is 1. The van der Waals surface area contributed by atoms with Crippen LogP contribution >= 0.6 is 0 Å². The molecule has 156 valence electrons. The molecule has 2 amide bonds. The molecular formula is C21H28N4O4. The number of hydrogen-bond acceptors (Lipinski definition) is 6. The fourth-order valence-electron chi connectivity index (χ4n) is 4.55. The van der Waals surface area contributed by atoms with Crippen LogP contribution in [0.3, 0.4) is 0 Å². The average Bonchev–Trinajstić information content (AvgIpc) is 3.35. The molecule has 1 aromatic carbocycles. The van der Waals surface area contributed by atoms with Gasteiger partial charge < -0.3 is 25.1 Å². The first kappa shape index (κ1) is 19.5. The van der Waals surface area contributed by atoms with E-state index in [0.29, 0.717) is 37.4 Å². The molecule has 1 saturated heterocycles. The van der Waals surface area contributed by atoms with Gasteiger partial charge in [0.25, 0.3) is 6.01 Å². The number of hydrogen-bond donors (Lipinski definition) is 2. The number of rotatable bonds is 6. The van der Waals surface area contributed by atoms with E-state index in [4.69, 9.17) is 14.9 Å². The second-order valence-corrected chi connectivity index (χ2v) is 8.19. The lowest BCUT2D eigenvalue weighted by molar-refractivity contribution is -0.132. The van der Waals surface area contributed by atoms with Crippen LogP contribution < -0.4 is 20.7 Å². The number of amides is 2. The molecular weight excluding hydrogens is 372 g/mol. The Morgan fingerprint density at radius 3 is 2.86 bits per heavy atom. The summed E-state index contributed by atoms with van der Waals surface area (Å²) >= 11 is 0. The number of aromatic nitrogens is 1. The van der Waals surface area contributed by atoms with Crippen molar-refractivity contribution in [2.24, 2.45) is 11.7 Å². The number of ether oxygens (including phenoxy) is 1. The molecule has 1 atom stereocenters.